The molecule has 42 heavy (non-hydrogen) atoms. The summed E-state index contributed by atoms with van der Waals surface area (Å²) in [5.41, 5.74) is 1.17. The Morgan fingerprint density at radius 1 is 1.17 bits per heavy atom. The Balaban J connectivity index is 0.000000616. The number of halogens is 3. The summed E-state index contributed by atoms with van der Waals surface area (Å²) in [7, 11) is 1.47. The van der Waals surface area contributed by atoms with Crippen LogP contribution in [0.5, 0.6) is 0 Å². The van der Waals surface area contributed by atoms with Crippen molar-refractivity contribution >= 4 is 28.9 Å². The molecule has 1 fully saturated rings. The van der Waals surface area contributed by atoms with Crippen LogP contribution in [-0.4, -0.2) is 75.7 Å². The van der Waals surface area contributed by atoms with Gasteiger partial charge in [0.15, 0.2) is 0 Å². The summed E-state index contributed by atoms with van der Waals surface area (Å²) in [6.45, 7) is 5.04. The predicted octanol–water partition coefficient (Wildman–Crippen LogP) is 0.810. The number of alkyl halides is 3. The minimum atomic E-state index is -5.08. The van der Waals surface area contributed by atoms with E-state index in [1.54, 1.807) is 11.5 Å². The molecule has 1 aliphatic heterocycles. The second kappa shape index (κ2) is 13.3. The fraction of sp³-hybridized carbons (Fsp3) is 0.346. The third-order valence-corrected chi connectivity index (χ3v) is 6.08. The van der Waals surface area contributed by atoms with Crippen molar-refractivity contribution in [3.63, 3.8) is 0 Å². The van der Waals surface area contributed by atoms with E-state index in [4.69, 9.17) is 9.90 Å². The molecule has 2 aromatic heterocycles. The van der Waals surface area contributed by atoms with Gasteiger partial charge < -0.3 is 20.6 Å². The van der Waals surface area contributed by atoms with Crippen molar-refractivity contribution in [1.29, 1.82) is 10.5 Å². The summed E-state index contributed by atoms with van der Waals surface area (Å²) in [4.78, 5) is 41.3. The summed E-state index contributed by atoms with van der Waals surface area (Å²) >= 11 is 0. The standard InChI is InChI=1S/C24H23N9O2.C2HF3O2/c1-3-4-7-32-21-20(30-24(32)31-8-5-28-6-9-31)14-29-33(23(21)35)15-19-17(12-25)10-16(22(34)27-2)11-18(19)13-26;3-2(4,5)1(6)7/h10-11,14,28H,5-9,15H2,1-2H3,(H,27,34);(H,6,7). The van der Waals surface area contributed by atoms with Gasteiger partial charge in [0.05, 0.1) is 42.6 Å². The molecule has 16 heteroatoms. The van der Waals surface area contributed by atoms with E-state index in [-0.39, 0.29) is 23.2 Å². The van der Waals surface area contributed by atoms with E-state index in [1.807, 2.05) is 12.1 Å². The van der Waals surface area contributed by atoms with Gasteiger partial charge in [-0.3, -0.25) is 14.2 Å². The Morgan fingerprint density at radius 3 is 2.26 bits per heavy atom. The van der Waals surface area contributed by atoms with Crippen LogP contribution >= 0.6 is 0 Å². The molecule has 0 unspecified atom stereocenters. The Morgan fingerprint density at radius 2 is 1.76 bits per heavy atom. The van der Waals surface area contributed by atoms with Gasteiger partial charge >= 0.3 is 12.1 Å². The third-order valence-electron chi connectivity index (χ3n) is 6.08. The lowest BCUT2D eigenvalue weighted by molar-refractivity contribution is -0.192. The summed E-state index contributed by atoms with van der Waals surface area (Å²) in [6.07, 6.45) is -3.57. The fourth-order valence-corrected chi connectivity index (χ4v) is 4.07. The number of benzene rings is 1. The largest absolute Gasteiger partial charge is 0.490 e. The van der Waals surface area contributed by atoms with Gasteiger partial charge in [0.25, 0.3) is 11.5 Å². The number of aromatic nitrogens is 4. The van der Waals surface area contributed by atoms with Crippen molar-refractivity contribution in [3.8, 4) is 24.0 Å². The minimum Gasteiger partial charge on any atom is -0.475 e. The number of hydrogen-bond acceptors (Lipinski definition) is 9. The van der Waals surface area contributed by atoms with Crippen molar-refractivity contribution in [3.05, 3.63) is 50.9 Å². The van der Waals surface area contributed by atoms with E-state index < -0.39 is 23.6 Å². The van der Waals surface area contributed by atoms with Gasteiger partial charge in [-0.1, -0.05) is 5.92 Å². The molecule has 3 heterocycles. The van der Waals surface area contributed by atoms with Crippen LogP contribution in [0.25, 0.3) is 11.0 Å². The molecule has 1 aliphatic rings. The van der Waals surface area contributed by atoms with Crippen LogP contribution in [0.15, 0.2) is 23.1 Å². The number of carbonyl (C=O) groups is 2. The van der Waals surface area contributed by atoms with Gasteiger partial charge in [0, 0.05) is 44.4 Å². The van der Waals surface area contributed by atoms with Crippen LogP contribution in [-0.2, 0) is 17.9 Å². The molecular formula is C26H24F3N9O4. The quantitative estimate of drug-likeness (QED) is 0.364. The Hall–Kier alpha value is -5.40. The third kappa shape index (κ3) is 6.83. The van der Waals surface area contributed by atoms with Gasteiger partial charge in [-0.15, -0.1) is 5.92 Å². The number of aliphatic carboxylic acids is 1. The zero-order valence-corrected chi connectivity index (χ0v) is 22.4. The summed E-state index contributed by atoms with van der Waals surface area (Å²) < 4.78 is 34.7. The van der Waals surface area contributed by atoms with Gasteiger partial charge in [0.1, 0.15) is 11.0 Å². The summed E-state index contributed by atoms with van der Waals surface area (Å²) in [5.74, 6) is 3.37. The molecule has 0 atom stereocenters. The Kier molecular flexibility index (Phi) is 9.86. The first-order valence-corrected chi connectivity index (χ1v) is 12.3. The molecule has 0 spiro atoms. The van der Waals surface area contributed by atoms with Gasteiger partial charge in [-0.2, -0.15) is 28.8 Å². The molecule has 0 bridgehead atoms. The molecule has 3 aromatic rings. The number of hydrogen-bond donors (Lipinski definition) is 3. The number of carbonyl (C=O) groups excluding carboxylic acids is 1. The average Bonchev–Trinajstić information content (AvgIpc) is 3.36. The van der Waals surface area contributed by atoms with Gasteiger partial charge in [-0.25, -0.2) is 14.5 Å². The van der Waals surface area contributed by atoms with Crippen molar-refractivity contribution in [2.75, 3.05) is 38.1 Å². The molecular weight excluding hydrogens is 559 g/mol. The lowest BCUT2D eigenvalue weighted by Crippen LogP contribution is -2.44. The maximum atomic E-state index is 13.6. The van der Waals surface area contributed by atoms with Crippen LogP contribution in [0.2, 0.25) is 0 Å². The average molecular weight is 584 g/mol. The lowest BCUT2D eigenvalue weighted by Gasteiger charge is -2.28. The summed E-state index contributed by atoms with van der Waals surface area (Å²) in [5, 5.41) is 36.5. The zero-order valence-electron chi connectivity index (χ0n) is 22.4. The molecule has 1 amide bonds. The Labute approximate surface area is 236 Å². The zero-order chi connectivity index (χ0) is 31.0. The molecule has 218 valence electrons. The van der Waals surface area contributed by atoms with Gasteiger partial charge in [-0.05, 0) is 19.1 Å². The molecule has 0 aliphatic carbocycles. The molecule has 1 saturated heterocycles. The van der Waals surface area contributed by atoms with E-state index in [2.05, 4.69) is 37.5 Å². The first-order valence-electron chi connectivity index (χ1n) is 12.3. The normalized spacial score (nSPS) is 12.7. The molecule has 13 nitrogen and oxygen atoms in total. The first-order chi connectivity index (χ1) is 20.0. The number of carboxylic acids is 1. The van der Waals surface area contributed by atoms with Crippen molar-refractivity contribution in [2.45, 2.75) is 26.2 Å². The smallest absolute Gasteiger partial charge is 0.475 e. The molecule has 3 N–H and O–H groups in total. The van der Waals surface area contributed by atoms with Crippen LogP contribution in [0.4, 0.5) is 19.1 Å². The van der Waals surface area contributed by atoms with Crippen LogP contribution in [0, 0.1) is 34.5 Å². The van der Waals surface area contributed by atoms with E-state index in [0.717, 1.165) is 26.2 Å². The number of amides is 1. The highest BCUT2D eigenvalue weighted by Crippen LogP contribution is 2.22. The maximum absolute atomic E-state index is 13.6. The first kappa shape index (κ1) is 31.1. The highest BCUT2D eigenvalue weighted by molar-refractivity contribution is 5.95. The minimum absolute atomic E-state index is 0.109. The van der Waals surface area contributed by atoms with Crippen LogP contribution < -0.4 is 21.1 Å². The number of anilines is 1. The monoisotopic (exact) mass is 583 g/mol. The molecule has 1 aromatic carbocycles. The predicted molar refractivity (Wildman–Crippen MR) is 142 cm³/mol. The van der Waals surface area contributed by atoms with E-state index >= 15 is 0 Å². The SMILES string of the molecule is CC#CCn1c(N2CCNCC2)nc2cnn(Cc3c(C#N)cc(C(=O)NC)cc3C#N)c(=O)c21.O=C(O)C(F)(F)F. The highest BCUT2D eigenvalue weighted by atomic mass is 19.4. The number of piperazine rings is 1. The lowest BCUT2D eigenvalue weighted by atomic mass is 9.98. The number of rotatable bonds is 5. The highest BCUT2D eigenvalue weighted by Gasteiger charge is 2.38. The van der Waals surface area contributed by atoms with Crippen molar-refractivity contribution in [1.82, 2.24) is 30.0 Å². The van der Waals surface area contributed by atoms with E-state index in [1.165, 1.54) is 30.1 Å². The number of imidazole rings is 1. The number of nitrogens with zero attached hydrogens (tertiary/aromatic N) is 7. The van der Waals surface area contributed by atoms with E-state index in [9.17, 15) is 33.3 Å². The van der Waals surface area contributed by atoms with E-state index in [0.29, 0.717) is 29.1 Å². The van der Waals surface area contributed by atoms with Crippen molar-refractivity contribution in [2.24, 2.45) is 0 Å². The van der Waals surface area contributed by atoms with Crippen molar-refractivity contribution < 1.29 is 27.9 Å². The molecule has 0 saturated carbocycles. The second-order valence-electron chi connectivity index (χ2n) is 8.66. The van der Waals surface area contributed by atoms with Crippen LogP contribution in [0.1, 0.15) is 34.0 Å². The fourth-order valence-electron chi connectivity index (χ4n) is 4.07. The number of nitrogens with one attached hydrogen (secondary N) is 2. The number of carboxylic acid groups (broad SMARTS) is 1. The number of nitriles is 2. The topological polar surface area (TPSA) is 182 Å². The Bertz CT molecular complexity index is 1680. The van der Waals surface area contributed by atoms with Gasteiger partial charge in [0.2, 0.25) is 5.95 Å². The van der Waals surface area contributed by atoms with Crippen LogP contribution in [0.3, 0.4) is 0 Å². The molecule has 4 rings (SSSR count). The molecule has 0 radical (unpaired) electrons. The summed E-state index contributed by atoms with van der Waals surface area (Å²) in [6, 6.07) is 6.87. The second-order valence-corrected chi connectivity index (χ2v) is 8.66. The maximum Gasteiger partial charge on any atom is 0.490 e. The number of fused-ring (bicyclic) bond motifs is 1.